The van der Waals surface area contributed by atoms with Crippen LogP contribution in [0.15, 0.2) is 0 Å². The van der Waals surface area contributed by atoms with Gasteiger partial charge in [0.25, 0.3) is 0 Å². The second-order valence-corrected chi connectivity index (χ2v) is 3.75. The van der Waals surface area contributed by atoms with Crippen LogP contribution >= 0.6 is 0 Å². The topological polar surface area (TPSA) is 67.2 Å². The van der Waals surface area contributed by atoms with Gasteiger partial charge in [-0.15, -0.1) is 0 Å². The van der Waals surface area contributed by atoms with Crippen molar-refractivity contribution in [1.29, 1.82) is 0 Å². The summed E-state index contributed by atoms with van der Waals surface area (Å²) >= 11 is 0. The van der Waals surface area contributed by atoms with E-state index in [9.17, 15) is 4.79 Å². The number of carbonyl (C=O) groups is 1. The smallest absolute Gasteiger partial charge is 0.314 e. The van der Waals surface area contributed by atoms with Gasteiger partial charge in [0.2, 0.25) is 0 Å². The molecule has 0 bridgehead atoms. The third kappa shape index (κ3) is 3.22. The van der Waals surface area contributed by atoms with E-state index in [1.54, 1.807) is 0 Å². The van der Waals surface area contributed by atoms with Crippen LogP contribution < -0.4 is 16.4 Å². The largest absolute Gasteiger partial charge is 0.338 e. The Labute approximate surface area is 79.3 Å². The average Bonchev–Trinajstić information content (AvgIpc) is 2.84. The molecule has 0 unspecified atom stereocenters. The first kappa shape index (κ1) is 10.3. The lowest BCUT2D eigenvalue weighted by Gasteiger charge is -2.14. The van der Waals surface area contributed by atoms with Crippen molar-refractivity contribution < 1.29 is 4.79 Å². The molecule has 0 aromatic rings. The molecule has 0 aromatic heterocycles. The van der Waals surface area contributed by atoms with Gasteiger partial charge in [0.1, 0.15) is 0 Å². The molecule has 0 atom stereocenters. The van der Waals surface area contributed by atoms with Crippen LogP contribution in [-0.4, -0.2) is 25.7 Å². The molecule has 0 spiro atoms. The van der Waals surface area contributed by atoms with Crippen molar-refractivity contribution in [1.82, 2.24) is 10.6 Å². The van der Waals surface area contributed by atoms with Crippen LogP contribution in [0.1, 0.15) is 26.2 Å². The molecule has 0 heterocycles. The fraction of sp³-hybridized carbons (Fsp3) is 0.889. The van der Waals surface area contributed by atoms with Crippen LogP contribution in [0.2, 0.25) is 0 Å². The molecule has 0 radical (unpaired) electrons. The zero-order valence-electron chi connectivity index (χ0n) is 8.23. The maximum absolute atomic E-state index is 11.1. The standard InChI is InChI=1S/C9H19N3O/c1-2-11-8(13)12-7-9(3-4-9)5-6-10/h2-7,10H2,1H3,(H2,11,12,13). The minimum absolute atomic E-state index is 0.0641. The Hall–Kier alpha value is -0.770. The SMILES string of the molecule is CCNC(=O)NCC1(CCN)CC1. The maximum atomic E-state index is 11.1. The van der Waals surface area contributed by atoms with E-state index in [-0.39, 0.29) is 6.03 Å². The molecule has 0 saturated heterocycles. The second-order valence-electron chi connectivity index (χ2n) is 3.75. The van der Waals surface area contributed by atoms with Crippen LogP contribution in [0.4, 0.5) is 4.79 Å². The van der Waals surface area contributed by atoms with Crippen molar-refractivity contribution in [3.05, 3.63) is 0 Å². The summed E-state index contributed by atoms with van der Waals surface area (Å²) in [6.45, 7) is 4.08. The van der Waals surface area contributed by atoms with E-state index >= 15 is 0 Å². The number of hydrogen-bond donors (Lipinski definition) is 3. The zero-order valence-corrected chi connectivity index (χ0v) is 8.23. The Morgan fingerprint density at radius 2 is 2.15 bits per heavy atom. The highest BCUT2D eigenvalue weighted by Crippen LogP contribution is 2.47. The highest BCUT2D eigenvalue weighted by atomic mass is 16.2. The molecule has 13 heavy (non-hydrogen) atoms. The molecule has 4 heteroatoms. The molecule has 4 nitrogen and oxygen atoms in total. The molecular formula is C9H19N3O. The average molecular weight is 185 g/mol. The molecule has 0 aromatic carbocycles. The molecule has 1 fully saturated rings. The predicted molar refractivity (Wildman–Crippen MR) is 52.4 cm³/mol. The first-order valence-corrected chi connectivity index (χ1v) is 4.94. The van der Waals surface area contributed by atoms with E-state index in [4.69, 9.17) is 5.73 Å². The first-order valence-electron chi connectivity index (χ1n) is 4.94. The Balaban J connectivity index is 2.14. The maximum Gasteiger partial charge on any atom is 0.314 e. The molecule has 1 rings (SSSR count). The highest BCUT2D eigenvalue weighted by Gasteiger charge is 2.41. The summed E-state index contributed by atoms with van der Waals surface area (Å²) in [7, 11) is 0. The van der Waals surface area contributed by atoms with E-state index < -0.39 is 0 Å². The molecule has 2 amide bonds. The lowest BCUT2D eigenvalue weighted by Crippen LogP contribution is -2.39. The number of amides is 2. The van der Waals surface area contributed by atoms with Crippen molar-refractivity contribution in [3.63, 3.8) is 0 Å². The van der Waals surface area contributed by atoms with Crippen molar-refractivity contribution >= 4 is 6.03 Å². The van der Waals surface area contributed by atoms with Crippen molar-refractivity contribution in [2.24, 2.45) is 11.1 Å². The predicted octanol–water partition coefficient (Wildman–Crippen LogP) is 0.435. The van der Waals surface area contributed by atoms with Gasteiger partial charge in [-0.25, -0.2) is 4.79 Å². The minimum Gasteiger partial charge on any atom is -0.338 e. The highest BCUT2D eigenvalue weighted by molar-refractivity contribution is 5.73. The third-order valence-corrected chi connectivity index (χ3v) is 2.59. The van der Waals surface area contributed by atoms with E-state index in [0.717, 1.165) is 19.5 Å². The lowest BCUT2D eigenvalue weighted by atomic mass is 10.0. The summed E-state index contributed by atoms with van der Waals surface area (Å²) in [5, 5.41) is 5.57. The number of rotatable bonds is 5. The summed E-state index contributed by atoms with van der Waals surface area (Å²) in [5.41, 5.74) is 5.82. The molecule has 1 aliphatic carbocycles. The number of nitrogens with two attached hydrogens (primary N) is 1. The Morgan fingerprint density at radius 1 is 1.46 bits per heavy atom. The van der Waals surface area contributed by atoms with Gasteiger partial charge in [0, 0.05) is 13.1 Å². The van der Waals surface area contributed by atoms with Gasteiger partial charge in [0.05, 0.1) is 0 Å². The van der Waals surface area contributed by atoms with Crippen molar-refractivity contribution in [3.8, 4) is 0 Å². The van der Waals surface area contributed by atoms with Gasteiger partial charge in [0.15, 0.2) is 0 Å². The quantitative estimate of drug-likeness (QED) is 0.581. The molecule has 4 N–H and O–H groups in total. The number of hydrogen-bond acceptors (Lipinski definition) is 2. The molecule has 1 aliphatic rings. The Bertz CT molecular complexity index is 178. The summed E-state index contributed by atoms with van der Waals surface area (Å²) in [6.07, 6.45) is 3.44. The third-order valence-electron chi connectivity index (χ3n) is 2.59. The lowest BCUT2D eigenvalue weighted by molar-refractivity contribution is 0.238. The number of urea groups is 1. The summed E-state index contributed by atoms with van der Waals surface area (Å²) < 4.78 is 0. The Kier molecular flexibility index (Phi) is 3.54. The van der Waals surface area contributed by atoms with E-state index in [2.05, 4.69) is 10.6 Å². The Morgan fingerprint density at radius 3 is 2.62 bits per heavy atom. The fourth-order valence-corrected chi connectivity index (χ4v) is 1.49. The summed E-state index contributed by atoms with van der Waals surface area (Å²) in [4.78, 5) is 11.1. The van der Waals surface area contributed by atoms with Gasteiger partial charge in [-0.1, -0.05) is 0 Å². The van der Waals surface area contributed by atoms with Gasteiger partial charge < -0.3 is 16.4 Å². The minimum atomic E-state index is -0.0641. The summed E-state index contributed by atoms with van der Waals surface area (Å²) in [5.74, 6) is 0. The van der Waals surface area contributed by atoms with Gasteiger partial charge >= 0.3 is 6.03 Å². The van der Waals surface area contributed by atoms with E-state index in [1.807, 2.05) is 6.92 Å². The normalized spacial score (nSPS) is 18.0. The fourth-order valence-electron chi connectivity index (χ4n) is 1.49. The number of carbonyl (C=O) groups excluding carboxylic acids is 1. The molecule has 76 valence electrons. The number of nitrogens with one attached hydrogen (secondary N) is 2. The molecular weight excluding hydrogens is 166 g/mol. The van der Waals surface area contributed by atoms with Crippen LogP contribution in [0.25, 0.3) is 0 Å². The molecule has 1 saturated carbocycles. The van der Waals surface area contributed by atoms with E-state index in [1.165, 1.54) is 12.8 Å². The second kappa shape index (κ2) is 4.46. The van der Waals surface area contributed by atoms with Crippen molar-refractivity contribution in [2.45, 2.75) is 26.2 Å². The van der Waals surface area contributed by atoms with E-state index in [0.29, 0.717) is 12.0 Å². The van der Waals surface area contributed by atoms with Crippen molar-refractivity contribution in [2.75, 3.05) is 19.6 Å². The zero-order chi connectivity index (χ0) is 9.73. The van der Waals surface area contributed by atoms with Crippen LogP contribution in [0.5, 0.6) is 0 Å². The molecule has 0 aliphatic heterocycles. The van der Waals surface area contributed by atoms with Crippen LogP contribution in [0.3, 0.4) is 0 Å². The van der Waals surface area contributed by atoms with Crippen LogP contribution in [-0.2, 0) is 0 Å². The monoisotopic (exact) mass is 185 g/mol. The van der Waals surface area contributed by atoms with Gasteiger partial charge in [-0.2, -0.15) is 0 Å². The first-order chi connectivity index (χ1) is 6.22. The van der Waals surface area contributed by atoms with Gasteiger partial charge in [-0.3, -0.25) is 0 Å². The van der Waals surface area contributed by atoms with Crippen LogP contribution in [0, 0.1) is 5.41 Å². The van der Waals surface area contributed by atoms with Gasteiger partial charge in [-0.05, 0) is 38.1 Å². The summed E-state index contributed by atoms with van der Waals surface area (Å²) in [6, 6.07) is -0.0641.